The minimum absolute atomic E-state index is 0.367. The lowest BCUT2D eigenvalue weighted by Gasteiger charge is -2.38. The molecular formula is C15H21NO. The van der Waals surface area contributed by atoms with E-state index in [9.17, 15) is 4.79 Å². The molecule has 2 heteroatoms. The molecule has 0 bridgehead atoms. The summed E-state index contributed by atoms with van der Waals surface area (Å²) in [6.45, 7) is 7.46. The first-order valence-corrected chi connectivity index (χ1v) is 6.42. The highest BCUT2D eigenvalue weighted by molar-refractivity contribution is 5.79. The first-order valence-electron chi connectivity index (χ1n) is 6.42. The van der Waals surface area contributed by atoms with E-state index in [1.807, 2.05) is 0 Å². The second-order valence-electron chi connectivity index (χ2n) is 5.11. The molecule has 2 atom stereocenters. The van der Waals surface area contributed by atoms with Crippen molar-refractivity contribution in [3.63, 3.8) is 0 Å². The van der Waals surface area contributed by atoms with Crippen LogP contribution in [0.15, 0.2) is 24.3 Å². The summed E-state index contributed by atoms with van der Waals surface area (Å²) in [4.78, 5) is 13.9. The Morgan fingerprint density at radius 2 is 2.06 bits per heavy atom. The number of aryl methyl sites for hydroxylation is 1. The van der Waals surface area contributed by atoms with Crippen molar-refractivity contribution in [2.45, 2.75) is 45.7 Å². The van der Waals surface area contributed by atoms with E-state index < -0.39 is 0 Å². The van der Waals surface area contributed by atoms with Crippen LogP contribution in [0, 0.1) is 6.92 Å². The van der Waals surface area contributed by atoms with Crippen molar-refractivity contribution in [3.05, 3.63) is 35.4 Å². The van der Waals surface area contributed by atoms with E-state index in [1.54, 1.807) is 0 Å². The van der Waals surface area contributed by atoms with Crippen molar-refractivity contribution in [2.75, 3.05) is 6.54 Å². The number of nitrogens with zero attached hydrogens (tertiary/aromatic N) is 1. The zero-order chi connectivity index (χ0) is 12.4. The molecule has 0 N–H and O–H groups in total. The highest BCUT2D eigenvalue weighted by Gasteiger charge is 2.28. The molecule has 1 aliphatic heterocycles. The average molecular weight is 231 g/mol. The number of hydrogen-bond donors (Lipinski definition) is 0. The number of carbonyl (C=O) groups is 1. The van der Waals surface area contributed by atoms with Gasteiger partial charge >= 0.3 is 0 Å². The van der Waals surface area contributed by atoms with Crippen molar-refractivity contribution in [3.8, 4) is 0 Å². The standard InChI is InChI=1S/C15H21NO/c1-11-6-4-5-7-15(11)13(3)16-9-8-14(17)10-12(16)2/h4-7,12-13H,8-10H2,1-3H3. The summed E-state index contributed by atoms with van der Waals surface area (Å²) in [5.41, 5.74) is 2.72. The molecule has 1 heterocycles. The van der Waals surface area contributed by atoms with Gasteiger partial charge in [0.25, 0.3) is 0 Å². The monoisotopic (exact) mass is 231 g/mol. The number of likely N-dealkylation sites (tertiary alicyclic amines) is 1. The summed E-state index contributed by atoms with van der Waals surface area (Å²) in [5, 5.41) is 0. The Hall–Kier alpha value is -1.15. The van der Waals surface area contributed by atoms with Gasteiger partial charge in [-0.25, -0.2) is 0 Å². The SMILES string of the molecule is Cc1ccccc1C(C)N1CCC(=O)CC1C. The third-order valence-electron chi connectivity index (χ3n) is 3.87. The molecule has 0 saturated carbocycles. The van der Waals surface area contributed by atoms with Crippen LogP contribution >= 0.6 is 0 Å². The van der Waals surface area contributed by atoms with Crippen LogP contribution < -0.4 is 0 Å². The van der Waals surface area contributed by atoms with Crippen molar-refractivity contribution in [1.82, 2.24) is 4.90 Å². The van der Waals surface area contributed by atoms with Crippen LogP contribution in [-0.4, -0.2) is 23.3 Å². The Morgan fingerprint density at radius 1 is 1.35 bits per heavy atom. The largest absolute Gasteiger partial charge is 0.300 e. The van der Waals surface area contributed by atoms with E-state index in [1.165, 1.54) is 11.1 Å². The molecule has 1 saturated heterocycles. The average Bonchev–Trinajstić information content (AvgIpc) is 2.29. The smallest absolute Gasteiger partial charge is 0.135 e. The zero-order valence-corrected chi connectivity index (χ0v) is 10.9. The van der Waals surface area contributed by atoms with E-state index in [-0.39, 0.29) is 0 Å². The molecule has 17 heavy (non-hydrogen) atoms. The number of piperidine rings is 1. The molecule has 2 nitrogen and oxygen atoms in total. The summed E-state index contributed by atoms with van der Waals surface area (Å²) in [7, 11) is 0. The minimum atomic E-state index is 0.367. The number of hydrogen-bond acceptors (Lipinski definition) is 2. The lowest BCUT2D eigenvalue weighted by molar-refractivity contribution is -0.123. The Morgan fingerprint density at radius 3 is 2.71 bits per heavy atom. The second-order valence-corrected chi connectivity index (χ2v) is 5.11. The van der Waals surface area contributed by atoms with Crippen LogP contribution in [0.4, 0.5) is 0 Å². The number of rotatable bonds is 2. The molecule has 0 aliphatic carbocycles. The van der Waals surface area contributed by atoms with Crippen LogP contribution in [0.2, 0.25) is 0 Å². The Labute approximate surface area is 104 Å². The normalized spacial score (nSPS) is 23.7. The summed E-state index contributed by atoms with van der Waals surface area (Å²) < 4.78 is 0. The maximum atomic E-state index is 11.4. The summed E-state index contributed by atoms with van der Waals surface area (Å²) in [5.74, 6) is 0.408. The van der Waals surface area contributed by atoms with Gasteiger partial charge in [0, 0.05) is 31.5 Å². The lowest BCUT2D eigenvalue weighted by atomic mass is 9.95. The number of Topliss-reactive ketones (excluding diaryl/α,β-unsaturated/α-hetero) is 1. The first-order chi connectivity index (χ1) is 8.09. The highest BCUT2D eigenvalue weighted by Crippen LogP contribution is 2.28. The maximum Gasteiger partial charge on any atom is 0.135 e. The van der Waals surface area contributed by atoms with Crippen LogP contribution in [0.25, 0.3) is 0 Å². The molecule has 0 radical (unpaired) electrons. The summed E-state index contributed by atoms with van der Waals surface area (Å²) >= 11 is 0. The molecule has 0 aromatic heterocycles. The Balaban J connectivity index is 2.17. The first kappa shape index (κ1) is 12.3. The van der Waals surface area contributed by atoms with Crippen LogP contribution in [-0.2, 0) is 4.79 Å². The summed E-state index contributed by atoms with van der Waals surface area (Å²) in [6, 6.07) is 9.30. The van der Waals surface area contributed by atoms with Gasteiger partial charge in [-0.2, -0.15) is 0 Å². The van der Waals surface area contributed by atoms with Gasteiger partial charge in [0.1, 0.15) is 5.78 Å². The molecule has 1 fully saturated rings. The maximum absolute atomic E-state index is 11.4. The molecule has 0 spiro atoms. The highest BCUT2D eigenvalue weighted by atomic mass is 16.1. The Kier molecular flexibility index (Phi) is 3.63. The van der Waals surface area contributed by atoms with Gasteiger partial charge in [-0.15, -0.1) is 0 Å². The van der Waals surface area contributed by atoms with Crippen molar-refractivity contribution in [2.24, 2.45) is 0 Å². The van der Waals surface area contributed by atoms with Crippen molar-refractivity contribution in [1.29, 1.82) is 0 Å². The van der Waals surface area contributed by atoms with E-state index in [0.717, 1.165) is 6.54 Å². The van der Waals surface area contributed by atoms with E-state index >= 15 is 0 Å². The van der Waals surface area contributed by atoms with E-state index in [0.29, 0.717) is 30.7 Å². The molecule has 0 amide bonds. The van der Waals surface area contributed by atoms with Gasteiger partial charge in [-0.3, -0.25) is 9.69 Å². The molecule has 92 valence electrons. The topological polar surface area (TPSA) is 20.3 Å². The van der Waals surface area contributed by atoms with Crippen LogP contribution in [0.3, 0.4) is 0 Å². The fourth-order valence-corrected chi connectivity index (χ4v) is 2.83. The van der Waals surface area contributed by atoms with Crippen molar-refractivity contribution >= 4 is 5.78 Å². The molecule has 2 unspecified atom stereocenters. The predicted molar refractivity (Wildman–Crippen MR) is 70.0 cm³/mol. The van der Waals surface area contributed by atoms with Gasteiger partial charge in [0.2, 0.25) is 0 Å². The van der Waals surface area contributed by atoms with Gasteiger partial charge in [0.05, 0.1) is 0 Å². The zero-order valence-electron chi connectivity index (χ0n) is 10.9. The fourth-order valence-electron chi connectivity index (χ4n) is 2.83. The van der Waals surface area contributed by atoms with E-state index in [2.05, 4.69) is 49.9 Å². The molecule has 1 aliphatic rings. The molecule has 1 aromatic rings. The van der Waals surface area contributed by atoms with Crippen LogP contribution in [0.5, 0.6) is 0 Å². The van der Waals surface area contributed by atoms with Gasteiger partial charge in [-0.1, -0.05) is 24.3 Å². The number of ketones is 1. The number of benzene rings is 1. The molecule has 2 rings (SSSR count). The Bertz CT molecular complexity index is 413. The van der Waals surface area contributed by atoms with Crippen molar-refractivity contribution < 1.29 is 4.79 Å². The summed E-state index contributed by atoms with van der Waals surface area (Å²) in [6.07, 6.45) is 1.41. The fraction of sp³-hybridized carbons (Fsp3) is 0.533. The van der Waals surface area contributed by atoms with Gasteiger partial charge in [0.15, 0.2) is 0 Å². The number of carbonyl (C=O) groups excluding carboxylic acids is 1. The molecular weight excluding hydrogens is 210 g/mol. The second kappa shape index (κ2) is 5.01. The minimum Gasteiger partial charge on any atom is -0.300 e. The van der Waals surface area contributed by atoms with Gasteiger partial charge < -0.3 is 0 Å². The quantitative estimate of drug-likeness (QED) is 0.779. The van der Waals surface area contributed by atoms with E-state index in [4.69, 9.17) is 0 Å². The third-order valence-corrected chi connectivity index (χ3v) is 3.87. The van der Waals surface area contributed by atoms with Crippen LogP contribution in [0.1, 0.15) is 43.9 Å². The lowest BCUT2D eigenvalue weighted by Crippen LogP contribution is -2.42. The molecule has 1 aromatic carbocycles. The third kappa shape index (κ3) is 2.58. The van der Waals surface area contributed by atoms with Gasteiger partial charge in [-0.05, 0) is 31.9 Å². The predicted octanol–water partition coefficient (Wildman–Crippen LogP) is 3.11.